The summed E-state index contributed by atoms with van der Waals surface area (Å²) >= 11 is 5.86. The quantitative estimate of drug-likeness (QED) is 0.562. The summed E-state index contributed by atoms with van der Waals surface area (Å²) < 4.78 is 0. The Labute approximate surface area is 150 Å². The lowest BCUT2D eigenvalue weighted by Gasteiger charge is -2.18. The van der Waals surface area contributed by atoms with Crippen LogP contribution in [-0.4, -0.2) is 21.0 Å². The Balaban J connectivity index is 2.16. The fraction of sp³-hybridized carbons (Fsp3) is 0.412. The molecule has 0 aliphatic rings. The smallest absolute Gasteiger partial charge is 0.358 e. The molecule has 1 amide bonds. The van der Waals surface area contributed by atoms with Crippen LogP contribution in [0.5, 0.6) is 0 Å². The first-order chi connectivity index (χ1) is 11.9. The van der Waals surface area contributed by atoms with Gasteiger partial charge in [0.05, 0.1) is 6.04 Å². The SMILES string of the molecule is CCC(C)c1ccc(C(CC)NC(=O)c2n[nH]c([N+](=O)[O-])c2Cl)cc1. The molecule has 0 saturated heterocycles. The minimum absolute atomic E-state index is 0.178. The van der Waals surface area contributed by atoms with E-state index in [1.54, 1.807) is 0 Å². The van der Waals surface area contributed by atoms with Crippen LogP contribution in [0.15, 0.2) is 24.3 Å². The van der Waals surface area contributed by atoms with Crippen LogP contribution in [0.2, 0.25) is 5.02 Å². The Morgan fingerprint density at radius 1 is 1.28 bits per heavy atom. The predicted octanol–water partition coefficient (Wildman–Crippen LogP) is 4.37. The number of nitrogens with one attached hydrogen (secondary N) is 2. The van der Waals surface area contributed by atoms with Crippen LogP contribution in [0.25, 0.3) is 0 Å². The van der Waals surface area contributed by atoms with Crippen molar-refractivity contribution >= 4 is 23.3 Å². The van der Waals surface area contributed by atoms with E-state index in [1.807, 2.05) is 19.1 Å². The summed E-state index contributed by atoms with van der Waals surface area (Å²) in [5.74, 6) is -0.558. The molecule has 0 radical (unpaired) electrons. The number of carbonyl (C=O) groups excluding carboxylic acids is 1. The molecule has 0 saturated carbocycles. The summed E-state index contributed by atoms with van der Waals surface area (Å²) in [7, 11) is 0. The maximum Gasteiger partial charge on any atom is 0.362 e. The van der Waals surface area contributed by atoms with Gasteiger partial charge in [-0.2, -0.15) is 0 Å². The van der Waals surface area contributed by atoms with Gasteiger partial charge in [-0.05, 0) is 34.8 Å². The zero-order valence-corrected chi connectivity index (χ0v) is 15.1. The van der Waals surface area contributed by atoms with Crippen LogP contribution >= 0.6 is 11.6 Å². The topological polar surface area (TPSA) is 101 Å². The Bertz CT molecular complexity index is 758. The number of H-pyrrole nitrogens is 1. The molecule has 1 aromatic heterocycles. The molecule has 2 unspecified atom stereocenters. The van der Waals surface area contributed by atoms with Crippen molar-refractivity contribution in [3.05, 3.63) is 56.2 Å². The number of hydrogen-bond acceptors (Lipinski definition) is 4. The molecular weight excluding hydrogens is 344 g/mol. The van der Waals surface area contributed by atoms with Gasteiger partial charge in [-0.25, -0.2) is 0 Å². The minimum Gasteiger partial charge on any atom is -0.358 e. The molecule has 0 spiro atoms. The molecule has 7 nitrogen and oxygen atoms in total. The van der Waals surface area contributed by atoms with Gasteiger partial charge in [0.1, 0.15) is 0 Å². The number of amides is 1. The van der Waals surface area contributed by atoms with Gasteiger partial charge in [0.15, 0.2) is 10.7 Å². The molecule has 2 N–H and O–H groups in total. The van der Waals surface area contributed by atoms with Crippen LogP contribution in [-0.2, 0) is 0 Å². The number of nitro groups is 1. The summed E-state index contributed by atoms with van der Waals surface area (Å²) in [4.78, 5) is 22.4. The zero-order chi connectivity index (χ0) is 18.6. The Morgan fingerprint density at radius 2 is 1.88 bits per heavy atom. The lowest BCUT2D eigenvalue weighted by Crippen LogP contribution is -2.28. The van der Waals surface area contributed by atoms with E-state index in [1.165, 1.54) is 5.56 Å². The highest BCUT2D eigenvalue weighted by Gasteiger charge is 2.26. The van der Waals surface area contributed by atoms with Gasteiger partial charge < -0.3 is 15.4 Å². The van der Waals surface area contributed by atoms with Crippen molar-refractivity contribution in [2.24, 2.45) is 0 Å². The number of hydrogen-bond donors (Lipinski definition) is 2. The lowest BCUT2D eigenvalue weighted by atomic mass is 9.95. The molecule has 25 heavy (non-hydrogen) atoms. The molecule has 8 heteroatoms. The summed E-state index contributed by atoms with van der Waals surface area (Å²) in [5.41, 5.74) is 2.03. The molecule has 2 atom stereocenters. The third kappa shape index (κ3) is 4.17. The number of rotatable bonds is 7. The Hall–Kier alpha value is -2.41. The molecule has 0 aliphatic carbocycles. The van der Waals surface area contributed by atoms with Gasteiger partial charge in [-0.3, -0.25) is 4.79 Å². The van der Waals surface area contributed by atoms with E-state index in [9.17, 15) is 14.9 Å². The van der Waals surface area contributed by atoms with Crippen molar-refractivity contribution in [1.29, 1.82) is 0 Å². The number of aromatic amines is 1. The summed E-state index contributed by atoms with van der Waals surface area (Å²) in [6.07, 6.45) is 1.72. The Kier molecular flexibility index (Phi) is 6.14. The highest BCUT2D eigenvalue weighted by molar-refractivity contribution is 6.35. The van der Waals surface area contributed by atoms with Crippen LogP contribution in [0, 0.1) is 10.1 Å². The molecular formula is C17H21ClN4O3. The van der Waals surface area contributed by atoms with Gasteiger partial charge in [0.2, 0.25) is 0 Å². The fourth-order valence-corrected chi connectivity index (χ4v) is 2.77. The first kappa shape index (κ1) is 18.9. The standard InChI is InChI=1S/C17H21ClN4O3/c1-4-10(3)11-6-8-12(9-7-11)13(5-2)19-17(23)15-14(18)16(21-20-15)22(24)25/h6-10,13H,4-5H2,1-3H3,(H,19,23)(H,20,21). The van der Waals surface area contributed by atoms with Crippen LogP contribution in [0.4, 0.5) is 5.82 Å². The predicted molar refractivity (Wildman–Crippen MR) is 95.9 cm³/mol. The molecule has 0 aliphatic heterocycles. The molecule has 0 bridgehead atoms. The first-order valence-electron chi connectivity index (χ1n) is 8.17. The van der Waals surface area contributed by atoms with Crippen molar-refractivity contribution in [2.45, 2.75) is 45.6 Å². The van der Waals surface area contributed by atoms with Crippen LogP contribution in [0.1, 0.15) is 67.2 Å². The van der Waals surface area contributed by atoms with E-state index in [-0.39, 0.29) is 16.8 Å². The number of nitrogens with zero attached hydrogens (tertiary/aromatic N) is 2. The first-order valence-corrected chi connectivity index (χ1v) is 8.55. The Morgan fingerprint density at radius 3 is 2.36 bits per heavy atom. The molecule has 1 heterocycles. The number of aromatic nitrogens is 2. The van der Waals surface area contributed by atoms with Gasteiger partial charge in [-0.15, -0.1) is 5.10 Å². The third-order valence-corrected chi connectivity index (χ3v) is 4.68. The lowest BCUT2D eigenvalue weighted by molar-refractivity contribution is -0.389. The van der Waals surface area contributed by atoms with Crippen molar-refractivity contribution in [1.82, 2.24) is 15.5 Å². The van der Waals surface area contributed by atoms with E-state index in [4.69, 9.17) is 11.6 Å². The maximum atomic E-state index is 12.4. The third-order valence-electron chi connectivity index (χ3n) is 4.32. The summed E-state index contributed by atoms with van der Waals surface area (Å²) in [6.45, 7) is 6.25. The van der Waals surface area contributed by atoms with Crippen LogP contribution < -0.4 is 5.32 Å². The second-order valence-electron chi connectivity index (χ2n) is 5.90. The number of carbonyl (C=O) groups is 1. The summed E-state index contributed by atoms with van der Waals surface area (Å²) in [5, 5.41) is 19.2. The molecule has 2 rings (SSSR count). The molecule has 1 aromatic carbocycles. The van der Waals surface area contributed by atoms with Gasteiger partial charge in [0, 0.05) is 0 Å². The normalized spacial score (nSPS) is 13.3. The van der Waals surface area contributed by atoms with Gasteiger partial charge >= 0.3 is 5.82 Å². The van der Waals surface area contributed by atoms with Gasteiger partial charge in [0.25, 0.3) is 5.91 Å². The van der Waals surface area contributed by atoms with Crippen molar-refractivity contribution in [2.75, 3.05) is 0 Å². The molecule has 0 fully saturated rings. The average molecular weight is 365 g/mol. The molecule has 134 valence electrons. The minimum atomic E-state index is -0.711. The average Bonchev–Trinajstić information content (AvgIpc) is 3.00. The van der Waals surface area contributed by atoms with E-state index in [2.05, 4.69) is 41.5 Å². The van der Waals surface area contributed by atoms with Gasteiger partial charge in [-0.1, -0.05) is 61.7 Å². The maximum absolute atomic E-state index is 12.4. The highest BCUT2D eigenvalue weighted by atomic mass is 35.5. The second-order valence-corrected chi connectivity index (χ2v) is 6.28. The summed E-state index contributed by atoms with van der Waals surface area (Å²) in [6, 6.07) is 7.87. The molecule has 2 aromatic rings. The second kappa shape index (κ2) is 8.11. The van der Waals surface area contributed by atoms with E-state index < -0.39 is 16.6 Å². The largest absolute Gasteiger partial charge is 0.362 e. The van der Waals surface area contributed by atoms with E-state index in [0.717, 1.165) is 12.0 Å². The number of halogens is 1. The highest BCUT2D eigenvalue weighted by Crippen LogP contribution is 2.26. The monoisotopic (exact) mass is 364 g/mol. The van der Waals surface area contributed by atoms with Crippen molar-refractivity contribution in [3.63, 3.8) is 0 Å². The van der Waals surface area contributed by atoms with E-state index in [0.29, 0.717) is 12.3 Å². The number of benzene rings is 1. The van der Waals surface area contributed by atoms with E-state index >= 15 is 0 Å². The van der Waals surface area contributed by atoms with Crippen molar-refractivity contribution in [3.8, 4) is 0 Å². The van der Waals surface area contributed by atoms with Crippen LogP contribution in [0.3, 0.4) is 0 Å². The fourth-order valence-electron chi connectivity index (χ4n) is 2.53. The van der Waals surface area contributed by atoms with Crippen molar-refractivity contribution < 1.29 is 9.72 Å². The zero-order valence-electron chi connectivity index (χ0n) is 14.4.